The number of benzene rings is 2. The molecule has 2 aromatic carbocycles. The first-order chi connectivity index (χ1) is 14.4. The number of fused-ring (bicyclic) bond motifs is 2. The lowest BCUT2D eigenvalue weighted by Gasteiger charge is -2.19. The van der Waals surface area contributed by atoms with Crippen LogP contribution < -0.4 is 5.32 Å². The van der Waals surface area contributed by atoms with Crippen molar-refractivity contribution in [2.24, 2.45) is 0 Å². The number of hydrogen-bond donors (Lipinski definition) is 2. The van der Waals surface area contributed by atoms with E-state index in [9.17, 15) is 9.59 Å². The molecule has 0 atom stereocenters. The lowest BCUT2D eigenvalue weighted by molar-refractivity contribution is -0.142. The number of thiophene rings is 1. The summed E-state index contributed by atoms with van der Waals surface area (Å²) in [7, 11) is 5.48. The average Bonchev–Trinajstić information content (AvgIpc) is 3.37. The maximum absolute atomic E-state index is 12.5. The molecule has 2 amide bonds. The van der Waals surface area contributed by atoms with E-state index >= 15 is 0 Å². The predicted molar refractivity (Wildman–Crippen MR) is 122 cm³/mol. The lowest BCUT2D eigenvalue weighted by Crippen LogP contribution is -2.40. The third-order valence-electron chi connectivity index (χ3n) is 4.92. The van der Waals surface area contributed by atoms with Gasteiger partial charge in [0.25, 0.3) is 0 Å². The SMILES string of the molecule is CN(C)CCN(C)C(=O)C(=O)Nc1cc(-c2cc3ccccc3s2)c2[nH]ncc2c1. The largest absolute Gasteiger partial charge is 0.336 e. The summed E-state index contributed by atoms with van der Waals surface area (Å²) in [4.78, 5) is 29.4. The molecule has 2 aromatic heterocycles. The Kier molecular flexibility index (Phi) is 5.52. The maximum Gasteiger partial charge on any atom is 0.313 e. The highest BCUT2D eigenvalue weighted by molar-refractivity contribution is 7.22. The van der Waals surface area contributed by atoms with Crippen LogP contribution in [-0.4, -0.2) is 66.0 Å². The summed E-state index contributed by atoms with van der Waals surface area (Å²) < 4.78 is 1.19. The normalized spacial score (nSPS) is 11.3. The minimum Gasteiger partial charge on any atom is -0.336 e. The van der Waals surface area contributed by atoms with Crippen molar-refractivity contribution >= 4 is 49.8 Å². The predicted octanol–water partition coefficient (Wildman–Crippen LogP) is 3.40. The highest BCUT2D eigenvalue weighted by Crippen LogP contribution is 2.38. The number of rotatable bonds is 5. The highest BCUT2D eigenvalue weighted by atomic mass is 32.1. The van der Waals surface area contributed by atoms with Crippen molar-refractivity contribution in [3.05, 3.63) is 48.7 Å². The molecule has 0 bridgehead atoms. The van der Waals surface area contributed by atoms with Gasteiger partial charge in [-0.2, -0.15) is 5.10 Å². The zero-order chi connectivity index (χ0) is 21.3. The third-order valence-corrected chi connectivity index (χ3v) is 6.07. The van der Waals surface area contributed by atoms with Crippen LogP contribution in [0.3, 0.4) is 0 Å². The van der Waals surface area contributed by atoms with Crippen molar-refractivity contribution in [1.29, 1.82) is 0 Å². The van der Waals surface area contributed by atoms with Gasteiger partial charge in [0, 0.05) is 46.4 Å². The summed E-state index contributed by atoms with van der Waals surface area (Å²) in [5.74, 6) is -1.21. The first kappa shape index (κ1) is 20.1. The molecule has 2 N–H and O–H groups in total. The van der Waals surface area contributed by atoms with Crippen LogP contribution in [0.25, 0.3) is 31.4 Å². The van der Waals surface area contributed by atoms with E-state index in [-0.39, 0.29) is 0 Å². The quantitative estimate of drug-likeness (QED) is 0.484. The van der Waals surface area contributed by atoms with Gasteiger partial charge in [0.15, 0.2) is 0 Å². The van der Waals surface area contributed by atoms with E-state index in [1.165, 1.54) is 9.60 Å². The Bertz CT molecular complexity index is 1190. The van der Waals surface area contributed by atoms with Gasteiger partial charge in [-0.05, 0) is 43.7 Å². The summed E-state index contributed by atoms with van der Waals surface area (Å²) in [5.41, 5.74) is 2.40. The molecule has 30 heavy (non-hydrogen) atoms. The van der Waals surface area contributed by atoms with Gasteiger partial charge >= 0.3 is 11.8 Å². The Morgan fingerprint density at radius 3 is 2.63 bits per heavy atom. The monoisotopic (exact) mass is 421 g/mol. The second kappa shape index (κ2) is 8.25. The van der Waals surface area contributed by atoms with Gasteiger partial charge in [-0.25, -0.2) is 0 Å². The fourth-order valence-electron chi connectivity index (χ4n) is 3.25. The molecule has 0 fully saturated rings. The molecule has 0 unspecified atom stereocenters. The molecule has 0 saturated carbocycles. The van der Waals surface area contributed by atoms with Crippen molar-refractivity contribution in [1.82, 2.24) is 20.0 Å². The summed E-state index contributed by atoms with van der Waals surface area (Å²) in [6, 6.07) is 14.0. The molecule has 0 radical (unpaired) electrons. The van der Waals surface area contributed by atoms with E-state index in [0.717, 1.165) is 26.7 Å². The summed E-state index contributed by atoms with van der Waals surface area (Å²) >= 11 is 1.68. The first-order valence-corrected chi connectivity index (χ1v) is 10.4. The van der Waals surface area contributed by atoms with Crippen LogP contribution in [0.5, 0.6) is 0 Å². The lowest BCUT2D eigenvalue weighted by atomic mass is 10.1. The number of amides is 2. The van der Waals surface area contributed by atoms with Gasteiger partial charge in [-0.3, -0.25) is 14.7 Å². The van der Waals surface area contributed by atoms with E-state index in [1.807, 2.05) is 43.3 Å². The van der Waals surface area contributed by atoms with Gasteiger partial charge in [0.05, 0.1) is 11.7 Å². The molecular formula is C22H23N5O2S. The Morgan fingerprint density at radius 1 is 1.07 bits per heavy atom. The molecule has 8 heteroatoms. The molecule has 154 valence electrons. The molecule has 0 saturated heterocycles. The van der Waals surface area contributed by atoms with Crippen LogP contribution in [0.4, 0.5) is 5.69 Å². The Labute approximate surface area is 178 Å². The van der Waals surface area contributed by atoms with E-state index in [4.69, 9.17) is 0 Å². The van der Waals surface area contributed by atoms with Gasteiger partial charge in [-0.15, -0.1) is 11.3 Å². The maximum atomic E-state index is 12.5. The van der Waals surface area contributed by atoms with Gasteiger partial charge < -0.3 is 15.1 Å². The molecule has 0 aliphatic rings. The number of carbonyl (C=O) groups is 2. The van der Waals surface area contributed by atoms with Crippen molar-refractivity contribution in [2.75, 3.05) is 39.5 Å². The van der Waals surface area contributed by atoms with Crippen LogP contribution >= 0.6 is 11.3 Å². The number of H-pyrrole nitrogens is 1. The number of nitrogens with zero attached hydrogens (tertiary/aromatic N) is 3. The zero-order valence-corrected chi connectivity index (χ0v) is 17.9. The molecular weight excluding hydrogens is 398 g/mol. The Hall–Kier alpha value is -3.23. The van der Waals surface area contributed by atoms with Crippen molar-refractivity contribution in [3.8, 4) is 10.4 Å². The summed E-state index contributed by atoms with van der Waals surface area (Å²) in [5, 5.41) is 12.0. The molecule has 4 rings (SSSR count). The highest BCUT2D eigenvalue weighted by Gasteiger charge is 2.20. The average molecular weight is 422 g/mol. The molecule has 7 nitrogen and oxygen atoms in total. The van der Waals surface area contributed by atoms with Crippen LogP contribution in [0, 0.1) is 0 Å². The van der Waals surface area contributed by atoms with Crippen LogP contribution in [0.1, 0.15) is 0 Å². The molecule has 0 spiro atoms. The standard InChI is InChI=1S/C22H23N5O2S/c1-26(2)8-9-27(3)22(29)21(28)24-16-10-15-13-23-25-20(15)17(12-16)19-11-14-6-4-5-7-18(14)30-19/h4-7,10-13H,8-9H2,1-3H3,(H,23,25)(H,24,28). The fourth-order valence-corrected chi connectivity index (χ4v) is 4.33. The van der Waals surface area contributed by atoms with Crippen molar-refractivity contribution in [3.63, 3.8) is 0 Å². The number of carbonyl (C=O) groups excluding carboxylic acids is 2. The minimum atomic E-state index is -0.651. The van der Waals surface area contributed by atoms with E-state index < -0.39 is 11.8 Å². The van der Waals surface area contributed by atoms with Crippen molar-refractivity contribution < 1.29 is 9.59 Å². The molecule has 0 aliphatic heterocycles. The number of anilines is 1. The number of hydrogen-bond acceptors (Lipinski definition) is 5. The Morgan fingerprint density at radius 2 is 1.87 bits per heavy atom. The number of likely N-dealkylation sites (N-methyl/N-ethyl adjacent to an activating group) is 2. The van der Waals surface area contributed by atoms with E-state index in [2.05, 4.69) is 33.7 Å². The number of nitrogens with one attached hydrogen (secondary N) is 2. The van der Waals surface area contributed by atoms with Crippen LogP contribution in [-0.2, 0) is 9.59 Å². The molecule has 0 aliphatic carbocycles. The smallest absolute Gasteiger partial charge is 0.313 e. The molecule has 4 aromatic rings. The fraction of sp³-hybridized carbons (Fsp3) is 0.227. The number of aromatic nitrogens is 2. The minimum absolute atomic E-state index is 0.479. The first-order valence-electron chi connectivity index (χ1n) is 9.59. The summed E-state index contributed by atoms with van der Waals surface area (Å²) in [6.45, 7) is 1.17. The van der Waals surface area contributed by atoms with Gasteiger partial charge in [0.1, 0.15) is 0 Å². The topological polar surface area (TPSA) is 81.3 Å². The molecule has 2 heterocycles. The zero-order valence-electron chi connectivity index (χ0n) is 17.1. The third kappa shape index (κ3) is 4.05. The van der Waals surface area contributed by atoms with Crippen LogP contribution in [0.2, 0.25) is 0 Å². The second-order valence-corrected chi connectivity index (χ2v) is 8.57. The van der Waals surface area contributed by atoms with Gasteiger partial charge in [-0.1, -0.05) is 18.2 Å². The summed E-state index contributed by atoms with van der Waals surface area (Å²) in [6.07, 6.45) is 1.72. The van der Waals surface area contributed by atoms with E-state index in [1.54, 1.807) is 24.6 Å². The second-order valence-electron chi connectivity index (χ2n) is 7.49. The van der Waals surface area contributed by atoms with E-state index in [0.29, 0.717) is 18.8 Å². The van der Waals surface area contributed by atoms with Crippen molar-refractivity contribution in [2.45, 2.75) is 0 Å². The number of aromatic amines is 1. The van der Waals surface area contributed by atoms with Gasteiger partial charge in [0.2, 0.25) is 0 Å². The van der Waals surface area contributed by atoms with Crippen LogP contribution in [0.15, 0.2) is 48.7 Å². The Balaban J connectivity index is 1.62.